The van der Waals surface area contributed by atoms with Crippen molar-refractivity contribution >= 4 is 16.7 Å². The molecule has 0 radical (unpaired) electrons. The van der Waals surface area contributed by atoms with Gasteiger partial charge in [0, 0.05) is 36.7 Å². The number of fused-ring (bicyclic) bond motifs is 2. The molecule has 4 nitrogen and oxygen atoms in total. The smallest absolute Gasteiger partial charge is 0.134 e. The SMILES string of the molecule is CC1c2cc(N3CCOCC3)ccc2C(c2cc3ccccc3o2)CN1C. The summed E-state index contributed by atoms with van der Waals surface area (Å²) in [5, 5.41) is 1.18. The number of rotatable bonds is 2. The molecule has 0 N–H and O–H groups in total. The van der Waals surface area contributed by atoms with E-state index in [1.54, 1.807) is 0 Å². The van der Waals surface area contributed by atoms with E-state index in [0.717, 1.165) is 44.2 Å². The number of likely N-dealkylation sites (N-methyl/N-ethyl adjacent to an activating group) is 1. The lowest BCUT2D eigenvalue weighted by Crippen LogP contribution is -2.37. The zero-order valence-electron chi connectivity index (χ0n) is 16.0. The zero-order chi connectivity index (χ0) is 18.4. The Kier molecular flexibility index (Phi) is 4.18. The van der Waals surface area contributed by atoms with Crippen LogP contribution in [0.3, 0.4) is 0 Å². The average molecular weight is 362 g/mol. The molecule has 0 spiro atoms. The molecule has 2 aliphatic rings. The number of ether oxygens (including phenoxy) is 1. The number of para-hydroxylation sites is 1. The first-order valence-electron chi connectivity index (χ1n) is 9.86. The molecule has 2 unspecified atom stereocenters. The maximum absolute atomic E-state index is 6.24. The minimum absolute atomic E-state index is 0.271. The summed E-state index contributed by atoms with van der Waals surface area (Å²) in [4.78, 5) is 4.87. The fraction of sp³-hybridized carbons (Fsp3) is 0.391. The highest BCUT2D eigenvalue weighted by Crippen LogP contribution is 2.41. The zero-order valence-corrected chi connectivity index (χ0v) is 16.0. The second-order valence-corrected chi connectivity index (χ2v) is 7.77. The maximum Gasteiger partial charge on any atom is 0.134 e. The van der Waals surface area contributed by atoms with Crippen molar-refractivity contribution in [2.75, 3.05) is 44.8 Å². The van der Waals surface area contributed by atoms with Crippen molar-refractivity contribution in [2.45, 2.75) is 18.9 Å². The molecule has 2 aromatic carbocycles. The Morgan fingerprint density at radius 2 is 1.78 bits per heavy atom. The highest BCUT2D eigenvalue weighted by atomic mass is 16.5. The third-order valence-electron chi connectivity index (χ3n) is 6.19. The maximum atomic E-state index is 6.24. The van der Waals surface area contributed by atoms with Gasteiger partial charge in [0.15, 0.2) is 0 Å². The van der Waals surface area contributed by atoms with Crippen molar-refractivity contribution < 1.29 is 9.15 Å². The van der Waals surface area contributed by atoms with Crippen molar-refractivity contribution in [3.05, 3.63) is 65.4 Å². The van der Waals surface area contributed by atoms with Gasteiger partial charge in [0.1, 0.15) is 11.3 Å². The van der Waals surface area contributed by atoms with Crippen LogP contribution in [0.25, 0.3) is 11.0 Å². The second-order valence-electron chi connectivity index (χ2n) is 7.77. The lowest BCUT2D eigenvalue weighted by Gasteiger charge is -2.38. The first-order valence-corrected chi connectivity index (χ1v) is 9.86. The highest BCUT2D eigenvalue weighted by Gasteiger charge is 2.32. The van der Waals surface area contributed by atoms with E-state index in [4.69, 9.17) is 9.15 Å². The van der Waals surface area contributed by atoms with E-state index < -0.39 is 0 Å². The molecule has 3 aromatic rings. The number of benzene rings is 2. The van der Waals surface area contributed by atoms with Gasteiger partial charge in [-0.3, -0.25) is 4.90 Å². The Bertz CT molecular complexity index is 925. The molecule has 1 saturated heterocycles. The minimum Gasteiger partial charge on any atom is -0.460 e. The Balaban J connectivity index is 1.56. The standard InChI is InChI=1S/C23H26N2O2/c1-16-20-14-18(25-9-11-26-12-10-25)7-8-19(20)21(15-24(16)2)23-13-17-5-3-4-6-22(17)27-23/h3-8,13-14,16,21H,9-12,15H2,1-2H3. The van der Waals surface area contributed by atoms with Gasteiger partial charge in [0.25, 0.3) is 0 Å². The molecule has 2 aliphatic heterocycles. The molecular weight excluding hydrogens is 336 g/mol. The quantitative estimate of drug-likeness (QED) is 0.675. The molecule has 0 aliphatic carbocycles. The number of hydrogen-bond donors (Lipinski definition) is 0. The topological polar surface area (TPSA) is 28.9 Å². The summed E-state index contributed by atoms with van der Waals surface area (Å²) >= 11 is 0. The van der Waals surface area contributed by atoms with Gasteiger partial charge in [-0.25, -0.2) is 0 Å². The largest absolute Gasteiger partial charge is 0.460 e. The van der Waals surface area contributed by atoms with Crippen LogP contribution in [0, 0.1) is 0 Å². The van der Waals surface area contributed by atoms with Crippen LogP contribution in [-0.2, 0) is 4.74 Å². The molecular formula is C23H26N2O2. The first kappa shape index (κ1) is 16.8. The van der Waals surface area contributed by atoms with Crippen LogP contribution in [0.1, 0.15) is 35.8 Å². The second kappa shape index (κ2) is 6.70. The van der Waals surface area contributed by atoms with Crippen LogP contribution in [0.4, 0.5) is 5.69 Å². The molecule has 1 fully saturated rings. The molecule has 2 atom stereocenters. The average Bonchev–Trinajstić information content (AvgIpc) is 3.15. The predicted octanol–water partition coefficient (Wildman–Crippen LogP) is 4.41. The van der Waals surface area contributed by atoms with E-state index in [9.17, 15) is 0 Å². The molecule has 0 bridgehead atoms. The van der Waals surface area contributed by atoms with Crippen LogP contribution in [-0.4, -0.2) is 44.8 Å². The Morgan fingerprint density at radius 3 is 2.59 bits per heavy atom. The summed E-state index contributed by atoms with van der Waals surface area (Å²) in [6.07, 6.45) is 0. The van der Waals surface area contributed by atoms with Crippen molar-refractivity contribution in [3.63, 3.8) is 0 Å². The Morgan fingerprint density at radius 1 is 0.963 bits per heavy atom. The number of anilines is 1. The molecule has 0 saturated carbocycles. The van der Waals surface area contributed by atoms with Gasteiger partial charge in [0.05, 0.1) is 19.1 Å². The molecule has 140 valence electrons. The monoisotopic (exact) mass is 362 g/mol. The molecule has 1 aromatic heterocycles. The summed E-state index contributed by atoms with van der Waals surface area (Å²) in [5.74, 6) is 1.34. The summed E-state index contributed by atoms with van der Waals surface area (Å²) in [6, 6.07) is 17.9. The molecule has 3 heterocycles. The highest BCUT2D eigenvalue weighted by molar-refractivity contribution is 5.78. The predicted molar refractivity (Wildman–Crippen MR) is 109 cm³/mol. The van der Waals surface area contributed by atoms with Crippen LogP contribution in [0.5, 0.6) is 0 Å². The minimum atomic E-state index is 0.271. The van der Waals surface area contributed by atoms with Crippen LogP contribution >= 0.6 is 0 Å². The summed E-state index contributed by atoms with van der Waals surface area (Å²) in [6.45, 7) is 6.84. The van der Waals surface area contributed by atoms with E-state index in [1.165, 1.54) is 22.2 Å². The fourth-order valence-electron chi connectivity index (χ4n) is 4.46. The lowest BCUT2D eigenvalue weighted by molar-refractivity contribution is 0.122. The van der Waals surface area contributed by atoms with Gasteiger partial charge in [-0.05, 0) is 49.4 Å². The number of nitrogens with zero attached hydrogens (tertiary/aromatic N) is 2. The van der Waals surface area contributed by atoms with Gasteiger partial charge >= 0.3 is 0 Å². The number of hydrogen-bond acceptors (Lipinski definition) is 4. The van der Waals surface area contributed by atoms with Crippen molar-refractivity contribution in [2.24, 2.45) is 0 Å². The van der Waals surface area contributed by atoms with Crippen molar-refractivity contribution in [1.29, 1.82) is 0 Å². The lowest BCUT2D eigenvalue weighted by atomic mass is 9.84. The Hall–Kier alpha value is -2.30. The summed E-state index contributed by atoms with van der Waals surface area (Å²) in [5.41, 5.74) is 5.10. The normalized spacial score (nSPS) is 23.6. The van der Waals surface area contributed by atoms with E-state index >= 15 is 0 Å². The fourth-order valence-corrected chi connectivity index (χ4v) is 4.46. The van der Waals surface area contributed by atoms with Crippen molar-refractivity contribution in [3.8, 4) is 0 Å². The number of morpholine rings is 1. The third kappa shape index (κ3) is 2.93. The van der Waals surface area contributed by atoms with Gasteiger partial charge in [-0.15, -0.1) is 0 Å². The van der Waals surface area contributed by atoms with E-state index in [1.807, 2.05) is 6.07 Å². The van der Waals surface area contributed by atoms with Crippen LogP contribution < -0.4 is 4.90 Å². The van der Waals surface area contributed by atoms with Crippen molar-refractivity contribution in [1.82, 2.24) is 4.90 Å². The summed E-state index contributed by atoms with van der Waals surface area (Å²) < 4.78 is 11.8. The van der Waals surface area contributed by atoms with Gasteiger partial charge in [-0.1, -0.05) is 24.3 Å². The summed E-state index contributed by atoms with van der Waals surface area (Å²) in [7, 11) is 2.21. The van der Waals surface area contributed by atoms with Gasteiger partial charge < -0.3 is 14.1 Å². The molecule has 4 heteroatoms. The van der Waals surface area contributed by atoms with Crippen LogP contribution in [0.15, 0.2) is 52.9 Å². The van der Waals surface area contributed by atoms with E-state index in [0.29, 0.717) is 6.04 Å². The number of furan rings is 1. The first-order chi connectivity index (χ1) is 13.2. The molecule has 27 heavy (non-hydrogen) atoms. The third-order valence-corrected chi connectivity index (χ3v) is 6.19. The van der Waals surface area contributed by atoms with E-state index in [-0.39, 0.29) is 5.92 Å². The van der Waals surface area contributed by atoms with Crippen LogP contribution in [0.2, 0.25) is 0 Å². The molecule has 5 rings (SSSR count). The van der Waals surface area contributed by atoms with E-state index in [2.05, 4.69) is 66.2 Å². The van der Waals surface area contributed by atoms with Gasteiger partial charge in [0.2, 0.25) is 0 Å². The van der Waals surface area contributed by atoms with Gasteiger partial charge in [-0.2, -0.15) is 0 Å². The molecule has 0 amide bonds. The Labute approximate surface area is 160 Å².